The van der Waals surface area contributed by atoms with Crippen LogP contribution in [0.1, 0.15) is 27.0 Å². The number of hydrogen-bond donors (Lipinski definition) is 0. The molecule has 0 saturated carbocycles. The molecule has 0 atom stereocenters. The van der Waals surface area contributed by atoms with Gasteiger partial charge in [0.05, 0.1) is 5.56 Å². The molecule has 0 aliphatic rings. The zero-order valence-corrected chi connectivity index (χ0v) is 12.5. The van der Waals surface area contributed by atoms with Crippen LogP contribution in [0.4, 0.5) is 0 Å². The van der Waals surface area contributed by atoms with Crippen molar-refractivity contribution in [2.75, 3.05) is 0 Å². The predicted octanol–water partition coefficient (Wildman–Crippen LogP) is 3.73. The van der Waals surface area contributed by atoms with Crippen LogP contribution in [0.5, 0.6) is 0 Å². The highest BCUT2D eigenvalue weighted by atomic mass is 31.1. The summed E-state index contributed by atoms with van der Waals surface area (Å²) < 4.78 is 15.1. The van der Waals surface area contributed by atoms with Gasteiger partial charge >= 0.3 is 37.7 Å². The first kappa shape index (κ1) is 17.8. The largest absolute Gasteiger partial charge is 0.398 e. The van der Waals surface area contributed by atoms with E-state index in [1.54, 1.807) is 0 Å². The van der Waals surface area contributed by atoms with Gasteiger partial charge in [0.1, 0.15) is 0 Å². The molecule has 0 heterocycles. The first-order chi connectivity index (χ1) is 9.56. The van der Waals surface area contributed by atoms with Crippen LogP contribution in [0, 0.1) is 20.8 Å². The fraction of sp³-hybridized carbons (Fsp3) is 0.188. The van der Waals surface area contributed by atoms with E-state index >= 15 is 0 Å². The van der Waals surface area contributed by atoms with Crippen LogP contribution in [0.3, 0.4) is 0 Å². The molecule has 21 heavy (non-hydrogen) atoms. The second-order valence-electron chi connectivity index (χ2n) is 4.70. The Bertz CT molecular complexity index is 669. The van der Waals surface area contributed by atoms with Crippen molar-refractivity contribution < 1.29 is 13.9 Å². The first-order valence-corrected chi connectivity index (χ1v) is 6.99. The molecule has 106 valence electrons. The van der Waals surface area contributed by atoms with E-state index in [0.717, 1.165) is 27.8 Å². The van der Waals surface area contributed by atoms with Gasteiger partial charge in [0.25, 0.3) is 0 Å². The summed E-state index contributed by atoms with van der Waals surface area (Å²) in [5.41, 5.74) is 5.33. The molecule has 0 aliphatic heterocycles. The third-order valence-corrected chi connectivity index (χ3v) is 3.60. The Kier molecular flexibility index (Phi) is 6.53. The van der Waals surface area contributed by atoms with Crippen molar-refractivity contribution in [2.24, 2.45) is 0 Å². The lowest BCUT2D eigenvalue weighted by molar-refractivity contribution is 0.0754. The number of rotatable bonds is 3. The van der Waals surface area contributed by atoms with Crippen molar-refractivity contribution in [3.8, 4) is 11.1 Å². The molecular formula is C16H17MgO3P. The van der Waals surface area contributed by atoms with Crippen molar-refractivity contribution in [1.29, 1.82) is 0 Å². The van der Waals surface area contributed by atoms with E-state index in [1.807, 2.05) is 57.2 Å². The molecule has 3 nitrogen and oxygen atoms in total. The van der Waals surface area contributed by atoms with Gasteiger partial charge < -0.3 is 4.52 Å². The molecular weight excluding hydrogens is 295 g/mol. The van der Waals surface area contributed by atoms with Crippen molar-refractivity contribution in [3.05, 3.63) is 58.7 Å². The van der Waals surface area contributed by atoms with Crippen molar-refractivity contribution in [2.45, 2.75) is 20.8 Å². The Morgan fingerprint density at radius 1 is 1.05 bits per heavy atom. The minimum Gasteiger partial charge on any atom is -0.369 e. The minimum absolute atomic E-state index is 0. The summed E-state index contributed by atoms with van der Waals surface area (Å²) in [6.45, 7) is 5.76. The number of carbonyl (C=O) groups is 1. The highest BCUT2D eigenvalue weighted by Gasteiger charge is 2.19. The molecule has 2 rings (SSSR count). The minimum atomic E-state index is -0.627. The summed E-state index contributed by atoms with van der Waals surface area (Å²) in [5.74, 6) is -0.561. The summed E-state index contributed by atoms with van der Waals surface area (Å²) >= 11 is 0. The normalized spacial score (nSPS) is 10.0. The number of aryl methyl sites for hydroxylation is 2. The van der Waals surface area contributed by atoms with Crippen LogP contribution in [0.15, 0.2) is 36.4 Å². The topological polar surface area (TPSA) is 43.4 Å². The standard InChI is InChI=1S/C16H15O3P.Mg.2H/c1-10-9-11(2)15(16(17)19-20-18)12(3)14(10)13-7-5-4-6-8-13;;;/h4-9H,1-3H3;;;. The monoisotopic (exact) mass is 312 g/mol. The van der Waals surface area contributed by atoms with Crippen LogP contribution < -0.4 is 0 Å². The summed E-state index contributed by atoms with van der Waals surface area (Å²) in [5, 5.41) is 0. The lowest BCUT2D eigenvalue weighted by Gasteiger charge is -2.15. The van der Waals surface area contributed by atoms with Gasteiger partial charge in [-0.25, -0.2) is 9.36 Å². The maximum absolute atomic E-state index is 12.0. The fourth-order valence-electron chi connectivity index (χ4n) is 2.63. The van der Waals surface area contributed by atoms with E-state index in [0.29, 0.717) is 5.56 Å². The Hall–Kier alpha value is -1.22. The molecule has 0 aromatic heterocycles. The van der Waals surface area contributed by atoms with E-state index < -0.39 is 14.7 Å². The van der Waals surface area contributed by atoms with Crippen molar-refractivity contribution >= 4 is 37.7 Å². The third-order valence-electron chi connectivity index (χ3n) is 3.36. The Morgan fingerprint density at radius 2 is 1.67 bits per heavy atom. The van der Waals surface area contributed by atoms with Gasteiger partial charge in [-0.2, -0.15) is 0 Å². The van der Waals surface area contributed by atoms with Gasteiger partial charge in [0, 0.05) is 0 Å². The predicted molar refractivity (Wildman–Crippen MR) is 87.7 cm³/mol. The molecule has 0 N–H and O–H groups in total. The van der Waals surface area contributed by atoms with E-state index in [1.165, 1.54) is 0 Å². The second kappa shape index (κ2) is 7.69. The van der Waals surface area contributed by atoms with Gasteiger partial charge in [0.2, 0.25) is 0 Å². The Balaban J connectivity index is 0.00000220. The first-order valence-electron chi connectivity index (χ1n) is 6.26. The summed E-state index contributed by atoms with van der Waals surface area (Å²) in [6, 6.07) is 11.8. The smallest absolute Gasteiger partial charge is 0.369 e. The van der Waals surface area contributed by atoms with Gasteiger partial charge in [-0.05, 0) is 48.6 Å². The third kappa shape index (κ3) is 3.70. The molecule has 2 aromatic rings. The molecule has 0 aliphatic carbocycles. The maximum atomic E-state index is 12.0. The van der Waals surface area contributed by atoms with E-state index in [2.05, 4.69) is 4.52 Å². The van der Waals surface area contributed by atoms with Gasteiger partial charge in [-0.3, -0.25) is 0 Å². The molecule has 0 bridgehead atoms. The molecule has 0 radical (unpaired) electrons. The quantitative estimate of drug-likeness (QED) is 0.641. The zero-order chi connectivity index (χ0) is 14.7. The highest BCUT2D eigenvalue weighted by molar-refractivity contribution is 7.18. The Morgan fingerprint density at radius 3 is 2.24 bits per heavy atom. The molecule has 0 unspecified atom stereocenters. The SMILES string of the molecule is Cc1cc(C)c(-c2ccccc2)c(C)c1C(=O)OP=O.[MgH2]. The maximum Gasteiger partial charge on any atom is 0.398 e. The van der Waals surface area contributed by atoms with Crippen molar-refractivity contribution in [3.63, 3.8) is 0 Å². The highest BCUT2D eigenvalue weighted by Crippen LogP contribution is 2.32. The van der Waals surface area contributed by atoms with Crippen LogP contribution >= 0.6 is 8.69 Å². The summed E-state index contributed by atoms with van der Waals surface area (Å²) in [4.78, 5) is 12.0. The van der Waals surface area contributed by atoms with Crippen LogP contribution in [-0.2, 0) is 9.09 Å². The van der Waals surface area contributed by atoms with Crippen LogP contribution in [0.25, 0.3) is 11.1 Å². The van der Waals surface area contributed by atoms with Gasteiger partial charge in [-0.1, -0.05) is 36.4 Å². The molecule has 0 amide bonds. The molecule has 5 heteroatoms. The molecule has 0 spiro atoms. The second-order valence-corrected chi connectivity index (χ2v) is 5.04. The van der Waals surface area contributed by atoms with Gasteiger partial charge in [0.15, 0.2) is 0 Å². The lowest BCUT2D eigenvalue weighted by Crippen LogP contribution is -2.07. The number of carbonyl (C=O) groups excluding carboxylic acids is 1. The van der Waals surface area contributed by atoms with Crippen LogP contribution in [-0.4, -0.2) is 29.0 Å². The zero-order valence-electron chi connectivity index (χ0n) is 11.6. The lowest BCUT2D eigenvalue weighted by atomic mass is 9.89. The average Bonchev–Trinajstić information content (AvgIpc) is 2.39. The summed E-state index contributed by atoms with van der Waals surface area (Å²) in [7, 11) is -0.627. The molecule has 0 saturated heterocycles. The molecule has 0 fully saturated rings. The van der Waals surface area contributed by atoms with E-state index in [4.69, 9.17) is 0 Å². The number of hydrogen-bond acceptors (Lipinski definition) is 3. The average molecular weight is 313 g/mol. The summed E-state index contributed by atoms with van der Waals surface area (Å²) in [6.07, 6.45) is 0. The molecule has 2 aromatic carbocycles. The van der Waals surface area contributed by atoms with E-state index in [9.17, 15) is 9.36 Å². The van der Waals surface area contributed by atoms with Crippen molar-refractivity contribution in [1.82, 2.24) is 0 Å². The number of benzene rings is 2. The van der Waals surface area contributed by atoms with Gasteiger partial charge in [-0.15, -0.1) is 0 Å². The fourth-order valence-corrected chi connectivity index (χ4v) is 2.79. The Labute approximate surface area is 142 Å². The van der Waals surface area contributed by atoms with Crippen LogP contribution in [0.2, 0.25) is 0 Å². The van der Waals surface area contributed by atoms with E-state index in [-0.39, 0.29) is 23.1 Å².